The van der Waals surface area contributed by atoms with E-state index in [1.54, 1.807) is 32.1 Å². The van der Waals surface area contributed by atoms with Gasteiger partial charge in [0.2, 0.25) is 0 Å². The van der Waals surface area contributed by atoms with Crippen molar-refractivity contribution < 1.29 is 19.1 Å². The van der Waals surface area contributed by atoms with Gasteiger partial charge in [-0.05, 0) is 20.3 Å². The number of carbonyl (C=O) groups is 2. The predicted molar refractivity (Wildman–Crippen MR) is 87.4 cm³/mol. The lowest BCUT2D eigenvalue weighted by atomic mass is 10.1. The minimum absolute atomic E-state index is 0.0928. The molecule has 1 unspecified atom stereocenters. The second-order valence-electron chi connectivity index (χ2n) is 4.55. The highest BCUT2D eigenvalue weighted by Crippen LogP contribution is 2.11. The largest absolute Gasteiger partial charge is 0.466 e. The average molecular weight is 309 g/mol. The lowest BCUT2D eigenvalue weighted by molar-refractivity contribution is -0.143. The summed E-state index contributed by atoms with van der Waals surface area (Å²) in [6, 6.07) is -0.0928. The lowest BCUT2D eigenvalue weighted by Crippen LogP contribution is -2.35. The van der Waals surface area contributed by atoms with Crippen LogP contribution < -0.4 is 0 Å². The molecule has 0 aromatic carbocycles. The SMILES string of the molecule is C=CCN(CC=C)C(/C=C\C(=O)OCC)CCC(=O)OCC. The van der Waals surface area contributed by atoms with Crippen LogP contribution in [0.4, 0.5) is 0 Å². The summed E-state index contributed by atoms with van der Waals surface area (Å²) in [5.41, 5.74) is 0. The fourth-order valence-electron chi connectivity index (χ4n) is 1.96. The fourth-order valence-corrected chi connectivity index (χ4v) is 1.96. The summed E-state index contributed by atoms with van der Waals surface area (Å²) in [5, 5.41) is 0. The normalized spacial score (nSPS) is 12.1. The molecule has 0 aromatic rings. The molecule has 0 bridgehead atoms. The first-order valence-corrected chi connectivity index (χ1v) is 7.55. The van der Waals surface area contributed by atoms with Crippen molar-refractivity contribution in [3.8, 4) is 0 Å². The number of hydrogen-bond acceptors (Lipinski definition) is 5. The Morgan fingerprint density at radius 1 is 1.09 bits per heavy atom. The summed E-state index contributed by atoms with van der Waals surface area (Å²) in [6.07, 6.45) is 7.55. The Labute approximate surface area is 133 Å². The van der Waals surface area contributed by atoms with Crippen LogP contribution in [0.15, 0.2) is 37.5 Å². The summed E-state index contributed by atoms with van der Waals surface area (Å²) in [7, 11) is 0. The number of rotatable bonds is 12. The first kappa shape index (κ1) is 20.1. The second kappa shape index (κ2) is 12.8. The Morgan fingerprint density at radius 2 is 1.68 bits per heavy atom. The molecule has 0 aliphatic rings. The van der Waals surface area contributed by atoms with E-state index >= 15 is 0 Å². The zero-order valence-corrected chi connectivity index (χ0v) is 13.6. The molecule has 0 aliphatic heterocycles. The van der Waals surface area contributed by atoms with Crippen LogP contribution in [-0.2, 0) is 19.1 Å². The predicted octanol–water partition coefficient (Wildman–Crippen LogP) is 2.49. The highest BCUT2D eigenvalue weighted by atomic mass is 16.5. The van der Waals surface area contributed by atoms with Crippen molar-refractivity contribution >= 4 is 11.9 Å². The van der Waals surface area contributed by atoms with Gasteiger partial charge in [-0.2, -0.15) is 0 Å². The zero-order valence-electron chi connectivity index (χ0n) is 13.6. The number of hydrogen-bond donors (Lipinski definition) is 0. The Balaban J connectivity index is 4.85. The van der Waals surface area contributed by atoms with Gasteiger partial charge in [0.05, 0.1) is 13.2 Å². The molecule has 22 heavy (non-hydrogen) atoms. The molecule has 0 radical (unpaired) electrons. The molecule has 0 N–H and O–H groups in total. The Hall–Kier alpha value is -1.88. The van der Waals surface area contributed by atoms with Crippen molar-refractivity contribution in [2.45, 2.75) is 32.7 Å². The van der Waals surface area contributed by atoms with Gasteiger partial charge in [-0.25, -0.2) is 4.79 Å². The fraction of sp³-hybridized carbons (Fsp3) is 0.529. The molecule has 0 amide bonds. The van der Waals surface area contributed by atoms with E-state index in [0.717, 1.165) is 0 Å². The van der Waals surface area contributed by atoms with E-state index in [2.05, 4.69) is 18.1 Å². The molecule has 124 valence electrons. The molecular weight excluding hydrogens is 282 g/mol. The molecule has 5 heteroatoms. The minimum Gasteiger partial charge on any atom is -0.466 e. The van der Waals surface area contributed by atoms with Crippen molar-refractivity contribution in [3.05, 3.63) is 37.5 Å². The third kappa shape index (κ3) is 9.13. The van der Waals surface area contributed by atoms with Crippen molar-refractivity contribution in [1.29, 1.82) is 0 Å². The number of nitrogens with zero attached hydrogens (tertiary/aromatic N) is 1. The van der Waals surface area contributed by atoms with E-state index in [9.17, 15) is 9.59 Å². The average Bonchev–Trinajstić information content (AvgIpc) is 2.48. The lowest BCUT2D eigenvalue weighted by Gasteiger charge is -2.27. The molecular formula is C17H27NO4. The monoisotopic (exact) mass is 309 g/mol. The van der Waals surface area contributed by atoms with E-state index in [-0.39, 0.29) is 24.4 Å². The molecule has 0 fully saturated rings. The van der Waals surface area contributed by atoms with Crippen LogP contribution in [0.25, 0.3) is 0 Å². The van der Waals surface area contributed by atoms with E-state index in [1.807, 2.05) is 0 Å². The molecule has 0 spiro atoms. The second-order valence-corrected chi connectivity index (χ2v) is 4.55. The maximum Gasteiger partial charge on any atom is 0.330 e. The van der Waals surface area contributed by atoms with Crippen LogP contribution in [0.5, 0.6) is 0 Å². The van der Waals surface area contributed by atoms with Gasteiger partial charge in [-0.1, -0.05) is 18.2 Å². The van der Waals surface area contributed by atoms with E-state index in [4.69, 9.17) is 9.47 Å². The summed E-state index contributed by atoms with van der Waals surface area (Å²) < 4.78 is 9.82. The summed E-state index contributed by atoms with van der Waals surface area (Å²) >= 11 is 0. The standard InChI is InChI=1S/C17H27NO4/c1-5-13-18(14-6-2)15(9-11-16(19)21-7-3)10-12-17(20)22-8-4/h5-6,9,11,15H,1-2,7-8,10,12-14H2,3-4H3/b11-9-. The third-order valence-corrected chi connectivity index (χ3v) is 2.89. The van der Waals surface area contributed by atoms with Gasteiger partial charge in [-0.3, -0.25) is 9.69 Å². The molecule has 5 nitrogen and oxygen atoms in total. The van der Waals surface area contributed by atoms with Gasteiger partial charge in [0, 0.05) is 31.6 Å². The number of ether oxygens (including phenoxy) is 2. The van der Waals surface area contributed by atoms with Crippen LogP contribution in [-0.4, -0.2) is 49.2 Å². The molecule has 0 saturated heterocycles. The minimum atomic E-state index is -0.388. The van der Waals surface area contributed by atoms with Crippen LogP contribution in [0, 0.1) is 0 Å². The molecule has 0 aromatic heterocycles. The summed E-state index contributed by atoms with van der Waals surface area (Å²) in [6.45, 7) is 13.0. The Bertz CT molecular complexity index is 380. The Morgan fingerprint density at radius 3 is 2.18 bits per heavy atom. The van der Waals surface area contributed by atoms with E-state index in [0.29, 0.717) is 32.7 Å². The highest BCUT2D eigenvalue weighted by molar-refractivity contribution is 5.82. The van der Waals surface area contributed by atoms with Crippen molar-refractivity contribution in [2.24, 2.45) is 0 Å². The Kier molecular flexibility index (Phi) is 11.7. The summed E-state index contributed by atoms with van der Waals surface area (Å²) in [5.74, 6) is -0.630. The van der Waals surface area contributed by atoms with Crippen LogP contribution >= 0.6 is 0 Å². The molecule has 0 saturated carbocycles. The third-order valence-electron chi connectivity index (χ3n) is 2.89. The van der Waals surface area contributed by atoms with Crippen molar-refractivity contribution in [2.75, 3.05) is 26.3 Å². The first-order valence-electron chi connectivity index (χ1n) is 7.55. The van der Waals surface area contributed by atoms with Gasteiger partial charge in [-0.15, -0.1) is 13.2 Å². The highest BCUT2D eigenvalue weighted by Gasteiger charge is 2.16. The quantitative estimate of drug-likeness (QED) is 0.315. The van der Waals surface area contributed by atoms with Gasteiger partial charge >= 0.3 is 11.9 Å². The van der Waals surface area contributed by atoms with Gasteiger partial charge in [0.25, 0.3) is 0 Å². The number of esters is 2. The van der Waals surface area contributed by atoms with Crippen LogP contribution in [0.3, 0.4) is 0 Å². The first-order chi connectivity index (χ1) is 10.6. The molecule has 1 atom stereocenters. The zero-order chi connectivity index (χ0) is 16.8. The van der Waals surface area contributed by atoms with Gasteiger partial charge in [0.15, 0.2) is 0 Å². The maximum atomic E-state index is 11.5. The van der Waals surface area contributed by atoms with Gasteiger partial charge < -0.3 is 9.47 Å². The van der Waals surface area contributed by atoms with Gasteiger partial charge in [0.1, 0.15) is 0 Å². The molecule has 0 rings (SSSR count). The van der Waals surface area contributed by atoms with E-state index in [1.165, 1.54) is 6.08 Å². The molecule has 0 heterocycles. The van der Waals surface area contributed by atoms with Crippen molar-refractivity contribution in [3.63, 3.8) is 0 Å². The van der Waals surface area contributed by atoms with Crippen LogP contribution in [0.2, 0.25) is 0 Å². The topological polar surface area (TPSA) is 55.8 Å². The summed E-state index contributed by atoms with van der Waals surface area (Å²) in [4.78, 5) is 25.1. The van der Waals surface area contributed by atoms with Crippen molar-refractivity contribution in [1.82, 2.24) is 4.90 Å². The maximum absolute atomic E-state index is 11.5. The number of carbonyl (C=O) groups excluding carboxylic acids is 2. The smallest absolute Gasteiger partial charge is 0.330 e. The van der Waals surface area contributed by atoms with Crippen LogP contribution in [0.1, 0.15) is 26.7 Å². The molecule has 0 aliphatic carbocycles. The van der Waals surface area contributed by atoms with E-state index < -0.39 is 0 Å².